The van der Waals surface area contributed by atoms with Gasteiger partial charge in [0.15, 0.2) is 0 Å². The summed E-state index contributed by atoms with van der Waals surface area (Å²) in [7, 11) is 0. The Morgan fingerprint density at radius 3 is 2.43 bits per heavy atom. The summed E-state index contributed by atoms with van der Waals surface area (Å²) >= 11 is 0. The molecule has 0 spiro atoms. The van der Waals surface area contributed by atoms with Crippen LogP contribution in [0.5, 0.6) is 0 Å². The van der Waals surface area contributed by atoms with Gasteiger partial charge in [-0.1, -0.05) is 44.2 Å². The fraction of sp³-hybridized carbons (Fsp3) is 0.458. The Kier molecular flexibility index (Phi) is 6.61. The molecule has 2 aromatic carbocycles. The predicted molar refractivity (Wildman–Crippen MR) is 118 cm³/mol. The lowest BCUT2D eigenvalue weighted by Gasteiger charge is -2.37. The number of carbonyl (C=O) groups is 1. The van der Waals surface area contributed by atoms with Crippen molar-refractivity contribution in [1.82, 2.24) is 4.90 Å². The van der Waals surface area contributed by atoms with Gasteiger partial charge >= 0.3 is 0 Å². The molecule has 150 valence electrons. The topological polar surface area (TPSA) is 35.6 Å². The molecule has 4 nitrogen and oxygen atoms in total. The second kappa shape index (κ2) is 9.13. The number of nitrogens with zero attached hydrogens (tertiary/aromatic N) is 2. The van der Waals surface area contributed by atoms with E-state index in [2.05, 4.69) is 74.3 Å². The molecule has 1 aliphatic heterocycles. The molecule has 28 heavy (non-hydrogen) atoms. The van der Waals surface area contributed by atoms with E-state index in [1.807, 2.05) is 11.0 Å². The molecule has 0 unspecified atom stereocenters. The number of benzene rings is 2. The number of piperazine rings is 1. The molecule has 4 heteroatoms. The molecule has 3 rings (SSSR count). The first-order valence-corrected chi connectivity index (χ1v) is 10.4. The number of hydrogen-bond acceptors (Lipinski definition) is 3. The first-order chi connectivity index (χ1) is 13.5. The van der Waals surface area contributed by atoms with Gasteiger partial charge in [0.1, 0.15) is 0 Å². The van der Waals surface area contributed by atoms with Crippen LogP contribution in [0.1, 0.15) is 42.9 Å². The largest absolute Gasteiger partial charge is 0.384 e. The van der Waals surface area contributed by atoms with Crippen molar-refractivity contribution in [2.24, 2.45) is 0 Å². The minimum absolute atomic E-state index is 0.246. The van der Waals surface area contributed by atoms with Crippen LogP contribution in [0.15, 0.2) is 42.5 Å². The average molecular weight is 380 g/mol. The van der Waals surface area contributed by atoms with Gasteiger partial charge in [-0.05, 0) is 48.6 Å². The number of carbonyl (C=O) groups excluding carboxylic acids is 1. The number of hydrogen-bond donors (Lipinski definition) is 1. The highest BCUT2D eigenvalue weighted by Gasteiger charge is 2.22. The van der Waals surface area contributed by atoms with Gasteiger partial charge in [-0.15, -0.1) is 0 Å². The number of rotatable bonds is 6. The van der Waals surface area contributed by atoms with Gasteiger partial charge in [-0.2, -0.15) is 0 Å². The maximum atomic E-state index is 12.6. The minimum atomic E-state index is 0.246. The fourth-order valence-electron chi connectivity index (χ4n) is 3.90. The van der Waals surface area contributed by atoms with E-state index < -0.39 is 0 Å². The van der Waals surface area contributed by atoms with E-state index in [-0.39, 0.29) is 5.91 Å². The predicted octanol–water partition coefficient (Wildman–Crippen LogP) is 4.58. The van der Waals surface area contributed by atoms with Crippen molar-refractivity contribution in [3.8, 4) is 0 Å². The van der Waals surface area contributed by atoms with E-state index in [1.165, 1.54) is 22.4 Å². The average Bonchev–Trinajstić information content (AvgIpc) is 2.70. The monoisotopic (exact) mass is 379 g/mol. The SMILES string of the molecule is Cc1cccc(N2CCN(C(=O)CCNc3ccccc3C(C)C)CC2)c1C. The number of amides is 1. The second-order valence-electron chi connectivity index (χ2n) is 8.01. The van der Waals surface area contributed by atoms with Crippen molar-refractivity contribution >= 4 is 17.3 Å². The van der Waals surface area contributed by atoms with Gasteiger partial charge < -0.3 is 15.1 Å². The van der Waals surface area contributed by atoms with Crippen molar-refractivity contribution in [3.63, 3.8) is 0 Å². The summed E-state index contributed by atoms with van der Waals surface area (Å²) in [6, 6.07) is 14.8. The molecule has 0 aliphatic carbocycles. The van der Waals surface area contributed by atoms with Crippen molar-refractivity contribution < 1.29 is 4.79 Å². The normalized spacial score (nSPS) is 14.5. The van der Waals surface area contributed by atoms with Crippen LogP contribution in [0.4, 0.5) is 11.4 Å². The molecular formula is C24H33N3O. The van der Waals surface area contributed by atoms with Crippen LogP contribution in [0, 0.1) is 13.8 Å². The molecule has 0 radical (unpaired) electrons. The molecule has 1 aliphatic rings. The molecule has 0 aromatic heterocycles. The third-order valence-electron chi connectivity index (χ3n) is 5.79. The molecule has 1 N–H and O–H groups in total. The van der Waals surface area contributed by atoms with Crippen molar-refractivity contribution in [2.75, 3.05) is 42.9 Å². The molecule has 0 saturated carbocycles. The smallest absolute Gasteiger partial charge is 0.224 e. The Morgan fingerprint density at radius 2 is 1.71 bits per heavy atom. The fourth-order valence-corrected chi connectivity index (χ4v) is 3.90. The zero-order valence-electron chi connectivity index (χ0n) is 17.7. The first kappa shape index (κ1) is 20.2. The Balaban J connectivity index is 1.49. The summed E-state index contributed by atoms with van der Waals surface area (Å²) in [6.45, 7) is 12.8. The minimum Gasteiger partial charge on any atom is -0.384 e. The number of anilines is 2. The quantitative estimate of drug-likeness (QED) is 0.798. The summed E-state index contributed by atoms with van der Waals surface area (Å²) < 4.78 is 0. The molecular weight excluding hydrogens is 346 g/mol. The molecule has 0 bridgehead atoms. The second-order valence-corrected chi connectivity index (χ2v) is 8.01. The van der Waals surface area contributed by atoms with E-state index >= 15 is 0 Å². The molecule has 1 fully saturated rings. The lowest BCUT2D eigenvalue weighted by Crippen LogP contribution is -2.49. The van der Waals surface area contributed by atoms with Crippen LogP contribution >= 0.6 is 0 Å². The Hall–Kier alpha value is -2.49. The first-order valence-electron chi connectivity index (χ1n) is 10.4. The van der Waals surface area contributed by atoms with Crippen LogP contribution in [0.2, 0.25) is 0 Å². The summed E-state index contributed by atoms with van der Waals surface area (Å²) in [5.41, 5.74) is 6.42. The summed E-state index contributed by atoms with van der Waals surface area (Å²) in [4.78, 5) is 17.1. The summed E-state index contributed by atoms with van der Waals surface area (Å²) in [5.74, 6) is 0.715. The maximum Gasteiger partial charge on any atom is 0.224 e. The van der Waals surface area contributed by atoms with Crippen molar-refractivity contribution in [3.05, 3.63) is 59.2 Å². The standard InChI is InChI=1S/C24H33N3O/c1-18(2)21-9-5-6-10-22(21)25-13-12-24(28)27-16-14-26(15-17-27)23-11-7-8-19(3)20(23)4/h5-11,18,25H,12-17H2,1-4H3. The van der Waals surface area contributed by atoms with Gasteiger partial charge in [0.05, 0.1) is 0 Å². The third kappa shape index (κ3) is 4.67. The van der Waals surface area contributed by atoms with Crippen LogP contribution in [0.25, 0.3) is 0 Å². The van der Waals surface area contributed by atoms with E-state index in [4.69, 9.17) is 0 Å². The third-order valence-corrected chi connectivity index (χ3v) is 5.79. The summed E-state index contributed by atoms with van der Waals surface area (Å²) in [6.07, 6.45) is 0.538. The van der Waals surface area contributed by atoms with E-state index in [0.717, 1.165) is 31.9 Å². The Morgan fingerprint density at radius 1 is 1.00 bits per heavy atom. The number of aryl methyl sites for hydroxylation is 1. The van der Waals surface area contributed by atoms with Crippen LogP contribution in [-0.2, 0) is 4.79 Å². The number of para-hydroxylation sites is 1. The van der Waals surface area contributed by atoms with Gasteiger partial charge in [-0.3, -0.25) is 4.79 Å². The molecule has 2 aromatic rings. The highest BCUT2D eigenvalue weighted by atomic mass is 16.2. The van der Waals surface area contributed by atoms with Crippen molar-refractivity contribution in [1.29, 1.82) is 0 Å². The van der Waals surface area contributed by atoms with Gasteiger partial charge in [0.25, 0.3) is 0 Å². The van der Waals surface area contributed by atoms with Gasteiger partial charge in [0.2, 0.25) is 5.91 Å². The molecule has 1 heterocycles. The zero-order chi connectivity index (χ0) is 20.1. The lowest BCUT2D eigenvalue weighted by molar-refractivity contribution is -0.131. The van der Waals surface area contributed by atoms with Crippen LogP contribution < -0.4 is 10.2 Å². The van der Waals surface area contributed by atoms with Gasteiger partial charge in [0, 0.05) is 50.5 Å². The zero-order valence-corrected chi connectivity index (χ0v) is 17.7. The van der Waals surface area contributed by atoms with E-state index in [0.29, 0.717) is 18.9 Å². The molecule has 1 saturated heterocycles. The van der Waals surface area contributed by atoms with Crippen LogP contribution in [-0.4, -0.2) is 43.5 Å². The van der Waals surface area contributed by atoms with Crippen LogP contribution in [0.3, 0.4) is 0 Å². The highest BCUT2D eigenvalue weighted by Crippen LogP contribution is 2.25. The molecule has 0 atom stereocenters. The van der Waals surface area contributed by atoms with Crippen molar-refractivity contribution in [2.45, 2.75) is 40.0 Å². The van der Waals surface area contributed by atoms with Gasteiger partial charge in [-0.25, -0.2) is 0 Å². The number of nitrogens with one attached hydrogen (secondary N) is 1. The van der Waals surface area contributed by atoms with E-state index in [1.54, 1.807) is 0 Å². The Labute approximate surface area is 169 Å². The maximum absolute atomic E-state index is 12.6. The highest BCUT2D eigenvalue weighted by molar-refractivity contribution is 5.77. The molecule has 1 amide bonds. The van der Waals surface area contributed by atoms with E-state index in [9.17, 15) is 4.79 Å². The lowest BCUT2D eigenvalue weighted by atomic mass is 10.0. The summed E-state index contributed by atoms with van der Waals surface area (Å²) in [5, 5.41) is 3.45. The Bertz CT molecular complexity index is 807.